The topological polar surface area (TPSA) is 100 Å². The predicted octanol–water partition coefficient (Wildman–Crippen LogP) is -0.0362. The molecule has 0 aliphatic carbocycles. The van der Waals surface area contributed by atoms with Gasteiger partial charge in [0.15, 0.2) is 5.82 Å². The van der Waals surface area contributed by atoms with Crippen molar-refractivity contribution in [1.29, 1.82) is 0 Å². The van der Waals surface area contributed by atoms with Gasteiger partial charge in [-0.05, 0) is 12.8 Å². The van der Waals surface area contributed by atoms with Crippen LogP contribution in [0, 0.1) is 0 Å². The van der Waals surface area contributed by atoms with Gasteiger partial charge in [0.25, 0.3) is 0 Å². The van der Waals surface area contributed by atoms with Crippen molar-refractivity contribution in [3.05, 3.63) is 12.2 Å². The quantitative estimate of drug-likeness (QED) is 0.797. The van der Waals surface area contributed by atoms with Crippen molar-refractivity contribution < 1.29 is 14.7 Å². The van der Waals surface area contributed by atoms with E-state index in [2.05, 4.69) is 15.4 Å². The summed E-state index contributed by atoms with van der Waals surface area (Å²) in [4.78, 5) is 28.3. The molecule has 1 aromatic rings. The van der Waals surface area contributed by atoms with Crippen LogP contribution in [0.3, 0.4) is 0 Å². The number of carbonyl (C=O) groups excluding carboxylic acids is 1. The first-order chi connectivity index (χ1) is 9.06. The van der Waals surface area contributed by atoms with Gasteiger partial charge < -0.3 is 15.3 Å². The molecular weight excluding hydrogens is 250 g/mol. The maximum absolute atomic E-state index is 12.0. The fourth-order valence-corrected chi connectivity index (χ4v) is 2.24. The van der Waals surface area contributed by atoms with Crippen molar-refractivity contribution in [3.63, 3.8) is 0 Å². The number of carbonyl (C=O) groups is 2. The van der Waals surface area contributed by atoms with Gasteiger partial charge in [-0.3, -0.25) is 9.48 Å². The van der Waals surface area contributed by atoms with Gasteiger partial charge in [0.1, 0.15) is 6.33 Å². The van der Waals surface area contributed by atoms with Gasteiger partial charge in [0, 0.05) is 19.6 Å². The first-order valence-corrected chi connectivity index (χ1v) is 6.17. The maximum atomic E-state index is 12.0. The van der Waals surface area contributed by atoms with E-state index in [1.165, 1.54) is 0 Å². The lowest BCUT2D eigenvalue weighted by molar-refractivity contribution is -0.137. The minimum atomic E-state index is -0.879. The number of aliphatic carboxylic acids is 1. The number of carboxylic acids is 1. The molecule has 8 nitrogen and oxygen atoms in total. The Labute approximate surface area is 110 Å². The third kappa shape index (κ3) is 3.43. The molecule has 0 saturated carbocycles. The van der Waals surface area contributed by atoms with Gasteiger partial charge in [-0.2, -0.15) is 5.10 Å². The highest BCUT2D eigenvalue weighted by molar-refractivity contribution is 5.76. The number of likely N-dealkylation sites (tertiary alicyclic amines) is 1. The second-order valence-corrected chi connectivity index (χ2v) is 4.58. The summed E-state index contributed by atoms with van der Waals surface area (Å²) in [6.45, 7) is 0.843. The average molecular weight is 267 g/mol. The highest BCUT2D eigenvalue weighted by Gasteiger charge is 2.30. The second-order valence-electron chi connectivity index (χ2n) is 4.58. The summed E-state index contributed by atoms with van der Waals surface area (Å²) in [5, 5.41) is 15.6. The van der Waals surface area contributed by atoms with E-state index in [0.717, 1.165) is 12.8 Å². The Hall–Kier alpha value is -2.12. The van der Waals surface area contributed by atoms with Gasteiger partial charge in [-0.15, -0.1) is 0 Å². The van der Waals surface area contributed by atoms with Crippen LogP contribution in [-0.4, -0.2) is 49.4 Å². The minimum Gasteiger partial charge on any atom is -0.481 e. The van der Waals surface area contributed by atoms with E-state index in [1.807, 2.05) is 0 Å². The van der Waals surface area contributed by atoms with Gasteiger partial charge in [-0.1, -0.05) is 0 Å². The molecule has 104 valence electrons. The molecule has 8 heteroatoms. The van der Waals surface area contributed by atoms with Gasteiger partial charge in [0.2, 0.25) is 0 Å². The maximum Gasteiger partial charge on any atom is 0.318 e. The lowest BCUT2D eigenvalue weighted by Gasteiger charge is -2.23. The third-order valence-corrected chi connectivity index (χ3v) is 3.09. The summed E-state index contributed by atoms with van der Waals surface area (Å²) in [6, 6.07) is -0.467. The monoisotopic (exact) mass is 267 g/mol. The SMILES string of the molecule is Cn1cnc(CNC(=O)N2CCCC2CC(=O)O)n1. The molecule has 1 aliphatic rings. The Balaban J connectivity index is 1.86. The molecule has 0 aromatic carbocycles. The van der Waals surface area contributed by atoms with Crippen LogP contribution < -0.4 is 5.32 Å². The fourth-order valence-electron chi connectivity index (χ4n) is 2.24. The van der Waals surface area contributed by atoms with Crippen LogP contribution in [0.5, 0.6) is 0 Å². The molecule has 1 fully saturated rings. The number of urea groups is 1. The van der Waals surface area contributed by atoms with Crippen molar-refractivity contribution in [3.8, 4) is 0 Å². The summed E-state index contributed by atoms with van der Waals surface area (Å²) >= 11 is 0. The molecule has 0 spiro atoms. The molecule has 2 rings (SSSR count). The van der Waals surface area contributed by atoms with Crippen LogP contribution in [0.25, 0.3) is 0 Å². The molecule has 1 unspecified atom stereocenters. The normalized spacial score (nSPS) is 18.6. The smallest absolute Gasteiger partial charge is 0.318 e. The highest BCUT2D eigenvalue weighted by atomic mass is 16.4. The molecule has 2 heterocycles. The Morgan fingerprint density at radius 3 is 3.00 bits per heavy atom. The van der Waals surface area contributed by atoms with E-state index in [9.17, 15) is 9.59 Å². The van der Waals surface area contributed by atoms with Gasteiger partial charge >= 0.3 is 12.0 Å². The Kier molecular flexibility index (Phi) is 3.98. The first-order valence-electron chi connectivity index (χ1n) is 6.17. The zero-order valence-electron chi connectivity index (χ0n) is 10.7. The minimum absolute atomic E-state index is 0.00471. The van der Waals surface area contributed by atoms with Crippen LogP contribution in [0.4, 0.5) is 4.79 Å². The lowest BCUT2D eigenvalue weighted by Crippen LogP contribution is -2.43. The molecule has 2 N–H and O–H groups in total. The largest absolute Gasteiger partial charge is 0.481 e. The number of rotatable bonds is 4. The molecule has 2 amide bonds. The zero-order valence-corrected chi connectivity index (χ0v) is 10.7. The summed E-state index contributed by atoms with van der Waals surface area (Å²) in [7, 11) is 1.75. The number of aryl methyl sites for hydroxylation is 1. The van der Waals surface area contributed by atoms with Crippen molar-refractivity contribution in [2.75, 3.05) is 6.54 Å². The molecule has 1 saturated heterocycles. The van der Waals surface area contributed by atoms with Gasteiger partial charge in [0.05, 0.1) is 13.0 Å². The highest BCUT2D eigenvalue weighted by Crippen LogP contribution is 2.20. The zero-order chi connectivity index (χ0) is 13.8. The van der Waals surface area contributed by atoms with Crippen LogP contribution in [0.1, 0.15) is 25.1 Å². The van der Waals surface area contributed by atoms with E-state index in [1.54, 1.807) is 23.0 Å². The predicted molar refractivity (Wildman–Crippen MR) is 65.2 cm³/mol. The number of aromatic nitrogens is 3. The van der Waals surface area contributed by atoms with Crippen LogP contribution in [0.2, 0.25) is 0 Å². The summed E-state index contributed by atoms with van der Waals surface area (Å²) < 4.78 is 1.56. The summed E-state index contributed by atoms with van der Waals surface area (Å²) in [5.41, 5.74) is 0. The first kappa shape index (κ1) is 13.3. The Bertz CT molecular complexity index is 473. The number of hydrogen-bond acceptors (Lipinski definition) is 4. The Morgan fingerprint density at radius 1 is 1.58 bits per heavy atom. The number of nitrogens with zero attached hydrogens (tertiary/aromatic N) is 4. The molecule has 19 heavy (non-hydrogen) atoms. The van der Waals surface area contributed by atoms with Crippen molar-refractivity contribution in [2.45, 2.75) is 31.8 Å². The van der Waals surface area contributed by atoms with E-state index >= 15 is 0 Å². The number of hydrogen-bond donors (Lipinski definition) is 2. The average Bonchev–Trinajstić information content (AvgIpc) is 2.94. The standard InChI is InChI=1S/C11H17N5O3/c1-15-7-13-9(14-15)6-12-11(19)16-4-2-3-8(16)5-10(17)18/h7-8H,2-6H2,1H3,(H,12,19)(H,17,18). The van der Waals surface area contributed by atoms with Crippen LogP contribution >= 0.6 is 0 Å². The van der Waals surface area contributed by atoms with E-state index < -0.39 is 5.97 Å². The molecule has 1 aliphatic heterocycles. The Morgan fingerprint density at radius 2 is 2.37 bits per heavy atom. The molecule has 0 radical (unpaired) electrons. The third-order valence-electron chi connectivity index (χ3n) is 3.09. The summed E-state index contributed by atoms with van der Waals surface area (Å²) in [6.07, 6.45) is 3.13. The van der Waals surface area contributed by atoms with E-state index in [4.69, 9.17) is 5.11 Å². The number of amides is 2. The van der Waals surface area contributed by atoms with Crippen LogP contribution in [-0.2, 0) is 18.4 Å². The molecule has 1 atom stereocenters. The van der Waals surface area contributed by atoms with Gasteiger partial charge in [-0.25, -0.2) is 9.78 Å². The van der Waals surface area contributed by atoms with Crippen molar-refractivity contribution in [2.24, 2.45) is 7.05 Å². The molecule has 0 bridgehead atoms. The molecule has 1 aromatic heterocycles. The van der Waals surface area contributed by atoms with E-state index in [0.29, 0.717) is 12.4 Å². The number of carboxylic acid groups (broad SMARTS) is 1. The van der Waals surface area contributed by atoms with E-state index in [-0.39, 0.29) is 25.0 Å². The number of nitrogens with one attached hydrogen (secondary N) is 1. The van der Waals surface area contributed by atoms with Crippen molar-refractivity contribution >= 4 is 12.0 Å². The summed E-state index contributed by atoms with van der Waals surface area (Å²) in [5.74, 6) is -0.346. The fraction of sp³-hybridized carbons (Fsp3) is 0.636. The second kappa shape index (κ2) is 5.68. The van der Waals surface area contributed by atoms with Crippen molar-refractivity contribution in [1.82, 2.24) is 25.0 Å². The van der Waals surface area contributed by atoms with Crippen LogP contribution in [0.15, 0.2) is 6.33 Å². The lowest BCUT2D eigenvalue weighted by atomic mass is 10.1. The molecular formula is C11H17N5O3.